The number of carboxylic acid groups (broad SMARTS) is 1. The molecule has 0 saturated heterocycles. The lowest BCUT2D eigenvalue weighted by Crippen LogP contribution is -2.04. The molecule has 0 bridgehead atoms. The summed E-state index contributed by atoms with van der Waals surface area (Å²) >= 11 is 1.30. The number of carboxylic acids is 1. The molecule has 0 spiro atoms. The summed E-state index contributed by atoms with van der Waals surface area (Å²) < 4.78 is 1.93. The Kier molecular flexibility index (Phi) is 2.71. The van der Waals surface area contributed by atoms with Crippen molar-refractivity contribution in [1.82, 2.24) is 9.78 Å². The lowest BCUT2D eigenvalue weighted by molar-refractivity contribution is 0.0702. The van der Waals surface area contributed by atoms with Crippen molar-refractivity contribution >= 4 is 27.5 Å². The predicted molar refractivity (Wildman–Crippen MR) is 64.3 cm³/mol. The highest BCUT2D eigenvalue weighted by Gasteiger charge is 2.17. The van der Waals surface area contributed by atoms with E-state index < -0.39 is 5.97 Å². The monoisotopic (exact) mass is 238 g/mol. The van der Waals surface area contributed by atoms with Crippen molar-refractivity contribution in [2.24, 2.45) is 0 Å². The molecule has 0 amide bonds. The van der Waals surface area contributed by atoms with Gasteiger partial charge in [0.2, 0.25) is 0 Å². The molecule has 0 aromatic carbocycles. The van der Waals surface area contributed by atoms with E-state index in [1.165, 1.54) is 11.3 Å². The van der Waals surface area contributed by atoms with Gasteiger partial charge < -0.3 is 5.11 Å². The van der Waals surface area contributed by atoms with Crippen molar-refractivity contribution in [2.45, 2.75) is 33.2 Å². The average Bonchev–Trinajstić information content (AvgIpc) is 2.78. The van der Waals surface area contributed by atoms with Crippen LogP contribution in [0.15, 0.2) is 6.07 Å². The van der Waals surface area contributed by atoms with Gasteiger partial charge in [-0.1, -0.05) is 6.92 Å². The number of carbonyl (C=O) groups is 1. The second-order valence-corrected chi connectivity index (χ2v) is 4.95. The lowest BCUT2D eigenvalue weighted by Gasteiger charge is -2.08. The van der Waals surface area contributed by atoms with Gasteiger partial charge in [-0.3, -0.25) is 4.68 Å². The summed E-state index contributed by atoms with van der Waals surface area (Å²) in [4.78, 5) is 12.3. The van der Waals surface area contributed by atoms with Gasteiger partial charge in [0.25, 0.3) is 0 Å². The maximum Gasteiger partial charge on any atom is 0.345 e. The molecule has 0 saturated carbocycles. The van der Waals surface area contributed by atoms with Crippen LogP contribution in [-0.2, 0) is 0 Å². The van der Waals surface area contributed by atoms with Crippen LogP contribution in [0, 0.1) is 6.92 Å². The smallest absolute Gasteiger partial charge is 0.345 e. The minimum Gasteiger partial charge on any atom is -0.477 e. The number of hydrogen-bond donors (Lipinski definition) is 1. The number of aryl methyl sites for hydroxylation is 1. The molecule has 2 heterocycles. The molecule has 0 fully saturated rings. The van der Waals surface area contributed by atoms with Gasteiger partial charge in [-0.05, 0) is 26.3 Å². The molecule has 1 N–H and O–H groups in total. The van der Waals surface area contributed by atoms with E-state index in [1.807, 2.05) is 11.6 Å². The molecule has 1 atom stereocenters. The summed E-state index contributed by atoms with van der Waals surface area (Å²) in [6.07, 6.45) is 0.983. The maximum absolute atomic E-state index is 10.9. The Bertz CT molecular complexity index is 541. The van der Waals surface area contributed by atoms with Crippen LogP contribution in [0.2, 0.25) is 0 Å². The standard InChI is InChI=1S/C11H14N2O2S/c1-4-6(2)13-10-8(7(3)12-13)5-9(16-10)11(14)15/h5-6H,4H2,1-3H3,(H,14,15). The first-order chi connectivity index (χ1) is 7.54. The Labute approximate surface area is 97.5 Å². The number of thiophene rings is 1. The van der Waals surface area contributed by atoms with Crippen molar-refractivity contribution in [1.29, 1.82) is 0 Å². The summed E-state index contributed by atoms with van der Waals surface area (Å²) in [5, 5.41) is 14.4. The van der Waals surface area contributed by atoms with Crippen LogP contribution in [0.25, 0.3) is 10.2 Å². The molecular weight excluding hydrogens is 224 g/mol. The molecule has 4 nitrogen and oxygen atoms in total. The first kappa shape index (κ1) is 11.1. The topological polar surface area (TPSA) is 55.1 Å². The molecule has 0 aliphatic rings. The van der Waals surface area contributed by atoms with Crippen LogP contribution in [0.3, 0.4) is 0 Å². The maximum atomic E-state index is 10.9. The van der Waals surface area contributed by atoms with E-state index in [9.17, 15) is 4.79 Å². The zero-order valence-corrected chi connectivity index (χ0v) is 10.3. The molecule has 86 valence electrons. The van der Waals surface area contributed by atoms with Crippen LogP contribution in [0.4, 0.5) is 0 Å². The van der Waals surface area contributed by atoms with Gasteiger partial charge >= 0.3 is 5.97 Å². The molecule has 2 aromatic heterocycles. The number of aromatic nitrogens is 2. The van der Waals surface area contributed by atoms with Crippen molar-refractivity contribution in [3.63, 3.8) is 0 Å². The minimum atomic E-state index is -0.865. The molecule has 0 aliphatic heterocycles. The molecule has 5 heteroatoms. The summed E-state index contributed by atoms with van der Waals surface area (Å²) in [5.74, 6) is -0.865. The number of nitrogens with zero attached hydrogens (tertiary/aromatic N) is 2. The van der Waals surface area contributed by atoms with Crippen LogP contribution in [0.5, 0.6) is 0 Å². The fourth-order valence-electron chi connectivity index (χ4n) is 1.65. The van der Waals surface area contributed by atoms with E-state index in [0.29, 0.717) is 10.9 Å². The molecule has 0 aliphatic carbocycles. The summed E-state index contributed by atoms with van der Waals surface area (Å²) in [6.45, 7) is 6.10. The van der Waals surface area contributed by atoms with Crippen LogP contribution in [0.1, 0.15) is 41.7 Å². The highest BCUT2D eigenvalue weighted by atomic mass is 32.1. The number of hydrogen-bond acceptors (Lipinski definition) is 3. The first-order valence-corrected chi connectivity index (χ1v) is 6.08. The highest BCUT2D eigenvalue weighted by molar-refractivity contribution is 7.20. The zero-order chi connectivity index (χ0) is 11.9. The van der Waals surface area contributed by atoms with Crippen molar-refractivity contribution in [2.75, 3.05) is 0 Å². The molecule has 16 heavy (non-hydrogen) atoms. The second-order valence-electron chi connectivity index (χ2n) is 3.92. The summed E-state index contributed by atoms with van der Waals surface area (Å²) in [6, 6.07) is 2.01. The zero-order valence-electron chi connectivity index (χ0n) is 9.52. The highest BCUT2D eigenvalue weighted by Crippen LogP contribution is 2.30. The second kappa shape index (κ2) is 3.90. The number of aromatic carboxylic acids is 1. The van der Waals surface area contributed by atoms with Gasteiger partial charge in [-0.15, -0.1) is 11.3 Å². The van der Waals surface area contributed by atoms with Crippen molar-refractivity contribution in [3.8, 4) is 0 Å². The van der Waals surface area contributed by atoms with E-state index in [0.717, 1.165) is 22.3 Å². The van der Waals surface area contributed by atoms with Gasteiger partial charge in [0.15, 0.2) is 0 Å². The normalized spacial score (nSPS) is 13.2. The first-order valence-electron chi connectivity index (χ1n) is 5.26. The van der Waals surface area contributed by atoms with Gasteiger partial charge in [-0.2, -0.15) is 5.10 Å². The van der Waals surface area contributed by atoms with Gasteiger partial charge in [0.05, 0.1) is 11.7 Å². The van der Waals surface area contributed by atoms with Crippen LogP contribution < -0.4 is 0 Å². The van der Waals surface area contributed by atoms with Gasteiger partial charge in [-0.25, -0.2) is 4.79 Å². The molecule has 0 radical (unpaired) electrons. The quantitative estimate of drug-likeness (QED) is 0.894. The van der Waals surface area contributed by atoms with E-state index in [-0.39, 0.29) is 0 Å². The Morgan fingerprint density at radius 3 is 2.94 bits per heavy atom. The third-order valence-corrected chi connectivity index (χ3v) is 3.90. The fraction of sp³-hybridized carbons (Fsp3) is 0.455. The molecule has 2 aromatic rings. The van der Waals surface area contributed by atoms with Crippen molar-refractivity contribution < 1.29 is 9.90 Å². The van der Waals surface area contributed by atoms with E-state index in [2.05, 4.69) is 18.9 Å². The van der Waals surface area contributed by atoms with E-state index in [1.54, 1.807) is 6.07 Å². The lowest BCUT2D eigenvalue weighted by atomic mass is 10.2. The average molecular weight is 238 g/mol. The predicted octanol–water partition coefficient (Wildman–Crippen LogP) is 3.08. The van der Waals surface area contributed by atoms with Crippen LogP contribution in [-0.4, -0.2) is 20.9 Å². The fourth-order valence-corrected chi connectivity index (χ4v) is 2.75. The number of rotatable bonds is 3. The van der Waals surface area contributed by atoms with E-state index in [4.69, 9.17) is 5.11 Å². The van der Waals surface area contributed by atoms with Crippen molar-refractivity contribution in [3.05, 3.63) is 16.6 Å². The molecule has 1 unspecified atom stereocenters. The molecule has 2 rings (SSSR count). The Morgan fingerprint density at radius 1 is 1.69 bits per heavy atom. The number of fused-ring (bicyclic) bond motifs is 1. The third-order valence-electron chi connectivity index (χ3n) is 2.79. The SMILES string of the molecule is CCC(C)n1nc(C)c2cc(C(=O)O)sc21. The third kappa shape index (κ3) is 1.61. The molecular formula is C11H14N2O2S. The minimum absolute atomic E-state index is 0.302. The summed E-state index contributed by atoms with van der Waals surface area (Å²) in [7, 11) is 0. The summed E-state index contributed by atoms with van der Waals surface area (Å²) in [5.41, 5.74) is 0.902. The van der Waals surface area contributed by atoms with Gasteiger partial charge in [0.1, 0.15) is 9.71 Å². The Morgan fingerprint density at radius 2 is 2.38 bits per heavy atom. The Hall–Kier alpha value is -1.36. The van der Waals surface area contributed by atoms with Crippen LogP contribution >= 0.6 is 11.3 Å². The van der Waals surface area contributed by atoms with E-state index >= 15 is 0 Å². The van der Waals surface area contributed by atoms with Gasteiger partial charge in [0, 0.05) is 5.39 Å². The Balaban J connectivity index is 2.63. The largest absolute Gasteiger partial charge is 0.477 e.